The Kier molecular flexibility index (Phi) is 6.37. The molecule has 2 amide bonds. The first-order valence-corrected chi connectivity index (χ1v) is 10.3. The second-order valence-corrected chi connectivity index (χ2v) is 8.38. The number of nitrogens with zero attached hydrogens (tertiary/aromatic N) is 1. The number of amides is 2. The lowest BCUT2D eigenvalue weighted by Gasteiger charge is -2.30. The first-order chi connectivity index (χ1) is 13.3. The number of hydrogen-bond donors (Lipinski definition) is 2. The maximum atomic E-state index is 12.7. The van der Waals surface area contributed by atoms with E-state index in [0.29, 0.717) is 42.9 Å². The summed E-state index contributed by atoms with van der Waals surface area (Å²) in [6.07, 6.45) is 4.40. The van der Waals surface area contributed by atoms with Crippen molar-refractivity contribution in [2.24, 2.45) is 17.8 Å². The summed E-state index contributed by atoms with van der Waals surface area (Å²) < 4.78 is 0. The first-order valence-electron chi connectivity index (χ1n) is 10.3. The van der Waals surface area contributed by atoms with Gasteiger partial charge in [-0.05, 0) is 75.1 Å². The van der Waals surface area contributed by atoms with E-state index in [2.05, 4.69) is 12.2 Å². The summed E-state index contributed by atoms with van der Waals surface area (Å²) in [5.41, 5.74) is 2.24. The lowest BCUT2D eigenvalue weighted by molar-refractivity contribution is -0.143. The Morgan fingerprint density at radius 2 is 1.61 bits per heavy atom. The van der Waals surface area contributed by atoms with Crippen LogP contribution in [0.5, 0.6) is 0 Å². The minimum Gasteiger partial charge on any atom is -0.481 e. The molecule has 0 unspecified atom stereocenters. The number of carboxylic acids is 1. The average molecular weight is 386 g/mol. The molecule has 1 aromatic carbocycles. The average Bonchev–Trinajstić information content (AvgIpc) is 2.69. The van der Waals surface area contributed by atoms with Crippen LogP contribution in [-0.2, 0) is 9.59 Å². The van der Waals surface area contributed by atoms with Gasteiger partial charge >= 0.3 is 5.97 Å². The number of piperidine rings is 1. The number of aliphatic carboxylic acids is 1. The molecule has 0 spiro atoms. The second-order valence-electron chi connectivity index (χ2n) is 8.38. The Bertz CT molecular complexity index is 745. The van der Waals surface area contributed by atoms with Crippen LogP contribution >= 0.6 is 0 Å². The molecule has 0 radical (unpaired) electrons. The smallest absolute Gasteiger partial charge is 0.306 e. The number of rotatable bonds is 4. The van der Waals surface area contributed by atoms with Crippen LogP contribution in [0.2, 0.25) is 0 Å². The third kappa shape index (κ3) is 4.72. The van der Waals surface area contributed by atoms with Gasteiger partial charge in [0.25, 0.3) is 5.91 Å². The van der Waals surface area contributed by atoms with E-state index < -0.39 is 5.97 Å². The number of carboxylic acid groups (broad SMARTS) is 1. The first kappa shape index (κ1) is 20.4. The summed E-state index contributed by atoms with van der Waals surface area (Å²) in [5.74, 6) is -0.566. The number of likely N-dealkylation sites (tertiary alicyclic amines) is 1. The summed E-state index contributed by atoms with van der Waals surface area (Å²) in [7, 11) is 0. The zero-order chi connectivity index (χ0) is 20.3. The fraction of sp³-hybridized carbons (Fsp3) is 0.591. The molecule has 0 bridgehead atoms. The highest BCUT2D eigenvalue weighted by Crippen LogP contribution is 2.30. The van der Waals surface area contributed by atoms with Gasteiger partial charge in [0.1, 0.15) is 0 Å². The maximum Gasteiger partial charge on any atom is 0.306 e. The topological polar surface area (TPSA) is 86.7 Å². The summed E-state index contributed by atoms with van der Waals surface area (Å²) in [6, 6.07) is 5.43. The van der Waals surface area contributed by atoms with Crippen molar-refractivity contribution in [3.05, 3.63) is 29.3 Å². The normalized spacial score (nSPS) is 23.3. The van der Waals surface area contributed by atoms with Gasteiger partial charge in [0.05, 0.1) is 5.92 Å². The summed E-state index contributed by atoms with van der Waals surface area (Å²) in [6.45, 7) is 5.72. The number of carbonyl (C=O) groups excluding carboxylic acids is 2. The predicted molar refractivity (Wildman–Crippen MR) is 107 cm³/mol. The molecule has 3 rings (SSSR count). The van der Waals surface area contributed by atoms with Crippen LogP contribution < -0.4 is 5.32 Å². The highest BCUT2D eigenvalue weighted by molar-refractivity contribution is 5.97. The van der Waals surface area contributed by atoms with Crippen molar-refractivity contribution in [2.45, 2.75) is 52.4 Å². The van der Waals surface area contributed by atoms with E-state index in [1.807, 2.05) is 17.9 Å². The van der Waals surface area contributed by atoms with Crippen molar-refractivity contribution in [1.82, 2.24) is 4.90 Å². The van der Waals surface area contributed by atoms with Crippen LogP contribution in [-0.4, -0.2) is 40.9 Å². The highest BCUT2D eigenvalue weighted by atomic mass is 16.4. The molecule has 1 saturated carbocycles. The lowest BCUT2D eigenvalue weighted by atomic mass is 9.81. The molecular formula is C22H30N2O4. The fourth-order valence-electron chi connectivity index (χ4n) is 4.17. The Morgan fingerprint density at radius 3 is 2.18 bits per heavy atom. The lowest BCUT2D eigenvalue weighted by Crippen LogP contribution is -2.37. The number of carbonyl (C=O) groups is 3. The van der Waals surface area contributed by atoms with E-state index in [-0.39, 0.29) is 23.7 Å². The third-order valence-electron chi connectivity index (χ3n) is 6.25. The molecule has 2 N–H and O–H groups in total. The molecule has 0 atom stereocenters. The molecule has 1 aliphatic heterocycles. The zero-order valence-electron chi connectivity index (χ0n) is 16.7. The van der Waals surface area contributed by atoms with Crippen molar-refractivity contribution in [3.63, 3.8) is 0 Å². The van der Waals surface area contributed by atoms with E-state index in [0.717, 1.165) is 31.5 Å². The molecule has 1 aliphatic carbocycles. The molecule has 28 heavy (non-hydrogen) atoms. The largest absolute Gasteiger partial charge is 0.481 e. The van der Waals surface area contributed by atoms with Gasteiger partial charge in [0.15, 0.2) is 0 Å². The molecule has 2 aliphatic rings. The SMILES string of the molecule is Cc1cc(C(=O)N2CCC(C)CC2)ccc1NC(=O)C1CCC(C(=O)O)CC1. The number of benzene rings is 1. The number of anilines is 1. The van der Waals surface area contributed by atoms with Crippen molar-refractivity contribution in [3.8, 4) is 0 Å². The molecule has 2 fully saturated rings. The fourth-order valence-corrected chi connectivity index (χ4v) is 4.17. The van der Waals surface area contributed by atoms with Gasteiger partial charge in [-0.2, -0.15) is 0 Å². The van der Waals surface area contributed by atoms with E-state index in [1.54, 1.807) is 12.1 Å². The Balaban J connectivity index is 1.59. The Labute approximate surface area is 166 Å². The minimum absolute atomic E-state index is 0.0554. The standard InChI is InChI=1S/C22H30N2O4/c1-14-9-11-24(12-10-14)21(26)18-7-8-19(15(2)13-18)23-20(25)16-3-5-17(6-4-16)22(27)28/h7-8,13-14,16-17H,3-6,9-12H2,1-2H3,(H,23,25)(H,27,28). The van der Waals surface area contributed by atoms with Crippen LogP contribution in [0.25, 0.3) is 0 Å². The number of hydrogen-bond acceptors (Lipinski definition) is 3. The van der Waals surface area contributed by atoms with Gasteiger partial charge < -0.3 is 15.3 Å². The third-order valence-corrected chi connectivity index (χ3v) is 6.25. The van der Waals surface area contributed by atoms with Crippen LogP contribution in [0.1, 0.15) is 61.4 Å². The van der Waals surface area contributed by atoms with Crippen LogP contribution in [0.4, 0.5) is 5.69 Å². The molecule has 6 heteroatoms. The van der Waals surface area contributed by atoms with Crippen molar-refractivity contribution < 1.29 is 19.5 Å². The van der Waals surface area contributed by atoms with E-state index >= 15 is 0 Å². The van der Waals surface area contributed by atoms with Gasteiger partial charge in [-0.25, -0.2) is 0 Å². The number of nitrogens with one attached hydrogen (secondary N) is 1. The summed E-state index contributed by atoms with van der Waals surface area (Å²) in [5, 5.41) is 12.0. The molecule has 6 nitrogen and oxygen atoms in total. The predicted octanol–water partition coefficient (Wildman–Crippen LogP) is 3.70. The molecular weight excluding hydrogens is 356 g/mol. The molecule has 152 valence electrons. The van der Waals surface area contributed by atoms with Crippen molar-refractivity contribution in [1.29, 1.82) is 0 Å². The van der Waals surface area contributed by atoms with Gasteiger partial charge in [-0.3, -0.25) is 14.4 Å². The van der Waals surface area contributed by atoms with E-state index in [4.69, 9.17) is 5.11 Å². The summed E-state index contributed by atoms with van der Waals surface area (Å²) >= 11 is 0. The highest BCUT2D eigenvalue weighted by Gasteiger charge is 2.30. The van der Waals surface area contributed by atoms with Gasteiger partial charge in [-0.15, -0.1) is 0 Å². The zero-order valence-corrected chi connectivity index (χ0v) is 16.7. The maximum absolute atomic E-state index is 12.7. The van der Waals surface area contributed by atoms with Crippen LogP contribution in [0, 0.1) is 24.7 Å². The number of aryl methyl sites for hydroxylation is 1. The quantitative estimate of drug-likeness (QED) is 0.826. The van der Waals surface area contributed by atoms with Crippen LogP contribution in [0.15, 0.2) is 18.2 Å². The molecule has 1 saturated heterocycles. The van der Waals surface area contributed by atoms with E-state index in [9.17, 15) is 14.4 Å². The monoisotopic (exact) mass is 386 g/mol. The molecule has 1 aromatic rings. The summed E-state index contributed by atoms with van der Waals surface area (Å²) in [4.78, 5) is 38.2. The van der Waals surface area contributed by atoms with Crippen molar-refractivity contribution in [2.75, 3.05) is 18.4 Å². The van der Waals surface area contributed by atoms with Gasteiger partial charge in [0.2, 0.25) is 5.91 Å². The van der Waals surface area contributed by atoms with Crippen molar-refractivity contribution >= 4 is 23.5 Å². The molecule has 1 heterocycles. The minimum atomic E-state index is -0.766. The van der Waals surface area contributed by atoms with Gasteiger partial charge in [-0.1, -0.05) is 6.92 Å². The molecule has 0 aromatic heterocycles. The van der Waals surface area contributed by atoms with Crippen LogP contribution in [0.3, 0.4) is 0 Å². The van der Waals surface area contributed by atoms with E-state index in [1.165, 1.54) is 0 Å². The second kappa shape index (κ2) is 8.76. The van der Waals surface area contributed by atoms with Gasteiger partial charge in [0, 0.05) is 30.3 Å². The Morgan fingerprint density at radius 1 is 1.00 bits per heavy atom. The Hall–Kier alpha value is -2.37.